The summed E-state index contributed by atoms with van der Waals surface area (Å²) in [6, 6.07) is 0. The van der Waals surface area contributed by atoms with Gasteiger partial charge >= 0.3 is 29.6 Å². The molecule has 0 radical (unpaired) electrons. The second-order valence-corrected chi connectivity index (χ2v) is 4.68. The summed E-state index contributed by atoms with van der Waals surface area (Å²) < 4.78 is 15.5. The summed E-state index contributed by atoms with van der Waals surface area (Å²) in [7, 11) is -3.78. The quantitative estimate of drug-likeness (QED) is 0.237. The van der Waals surface area contributed by atoms with Crippen molar-refractivity contribution in [2.45, 2.75) is 20.3 Å². The Morgan fingerprint density at radius 2 is 2.13 bits per heavy atom. The van der Waals surface area contributed by atoms with E-state index >= 15 is 0 Å². The third kappa shape index (κ3) is 9.51. The summed E-state index contributed by atoms with van der Waals surface area (Å²) in [5.41, 5.74) is 0. The van der Waals surface area contributed by atoms with Crippen LogP contribution in [-0.4, -0.2) is 35.5 Å². The first-order valence-electron chi connectivity index (χ1n) is 4.30. The Labute approximate surface area is 111 Å². The molecular weight excluding hydrogens is 232 g/mol. The fraction of sp³-hybridized carbons (Fsp3) is 0.857. The van der Waals surface area contributed by atoms with Crippen molar-refractivity contribution in [2.75, 3.05) is 19.3 Å². The molecule has 0 spiro atoms. The van der Waals surface area contributed by atoms with Gasteiger partial charge in [-0.2, -0.15) is 0 Å². The maximum absolute atomic E-state index is 11.0. The van der Waals surface area contributed by atoms with Crippen LogP contribution in [0.2, 0.25) is 0 Å². The summed E-state index contributed by atoms with van der Waals surface area (Å²) in [4.78, 5) is 21.5. The molecule has 0 bridgehead atoms. The molecular formula is C7H15NNaO5P. The van der Waals surface area contributed by atoms with Crippen LogP contribution >= 0.6 is 7.60 Å². The van der Waals surface area contributed by atoms with Crippen molar-refractivity contribution in [1.29, 1.82) is 0 Å². The summed E-state index contributed by atoms with van der Waals surface area (Å²) in [5.74, 6) is -0.512. The maximum Gasteiger partial charge on any atom is 1.00 e. The first kappa shape index (κ1) is 18.0. The zero-order valence-electron chi connectivity index (χ0n) is 9.30. The van der Waals surface area contributed by atoms with Crippen molar-refractivity contribution in [3.63, 3.8) is 0 Å². The largest absolute Gasteiger partial charge is 1.00 e. The molecule has 0 saturated heterocycles. The second-order valence-electron chi connectivity index (χ2n) is 2.75. The summed E-state index contributed by atoms with van der Waals surface area (Å²) in [6.07, 6.45) is -0.0119. The van der Waals surface area contributed by atoms with Gasteiger partial charge in [-0.15, -0.1) is 0 Å². The predicted molar refractivity (Wildman–Crippen MR) is 47.9 cm³/mol. The summed E-state index contributed by atoms with van der Waals surface area (Å²) in [6.45, 7) is 2.88. The van der Waals surface area contributed by atoms with E-state index in [2.05, 4.69) is 4.52 Å². The molecule has 0 rings (SSSR count). The molecule has 0 heterocycles. The van der Waals surface area contributed by atoms with Gasteiger partial charge in [0.2, 0.25) is 5.91 Å². The number of nitrogens with zero attached hydrogens (tertiary/aromatic N) is 1. The molecule has 0 aromatic carbocycles. The fourth-order valence-electron chi connectivity index (χ4n) is 0.833. The van der Waals surface area contributed by atoms with E-state index < -0.39 is 13.5 Å². The molecule has 1 N–H and O–H groups in total. The van der Waals surface area contributed by atoms with Crippen molar-refractivity contribution in [3.05, 3.63) is 0 Å². The second kappa shape index (κ2) is 8.70. The van der Waals surface area contributed by atoms with E-state index in [1.165, 1.54) is 6.92 Å². The molecule has 0 aliphatic heterocycles. The summed E-state index contributed by atoms with van der Waals surface area (Å²) in [5, 5.41) is 9.38. The molecule has 1 unspecified atom stereocenters. The van der Waals surface area contributed by atoms with Crippen LogP contribution in [0.1, 0.15) is 20.3 Å². The Hall–Kier alpha value is 0.580. The topological polar surface area (TPSA) is 89.9 Å². The Morgan fingerprint density at radius 3 is 2.53 bits per heavy atom. The Morgan fingerprint density at radius 1 is 1.60 bits per heavy atom. The number of carbonyl (C=O) groups excluding carboxylic acids is 1. The fourth-order valence-corrected chi connectivity index (χ4v) is 1.88. The molecule has 1 atom stereocenters. The van der Waals surface area contributed by atoms with Crippen LogP contribution in [0.5, 0.6) is 0 Å². The summed E-state index contributed by atoms with van der Waals surface area (Å²) >= 11 is 0. The van der Waals surface area contributed by atoms with E-state index in [0.29, 0.717) is 5.06 Å². The molecule has 0 saturated carbocycles. The number of rotatable bonds is 6. The number of amides is 1. The van der Waals surface area contributed by atoms with Crippen LogP contribution in [0, 0.1) is 0 Å². The zero-order chi connectivity index (χ0) is 11.2. The van der Waals surface area contributed by atoms with Crippen molar-refractivity contribution in [2.24, 2.45) is 0 Å². The van der Waals surface area contributed by atoms with Crippen LogP contribution in [0.3, 0.4) is 0 Å². The molecule has 1 amide bonds. The molecule has 84 valence electrons. The third-order valence-electron chi connectivity index (χ3n) is 1.49. The SMILES string of the molecule is CCOP(=O)([O-])CCCN(O)C(C)=O.[Na+]. The van der Waals surface area contributed by atoms with Crippen molar-refractivity contribution >= 4 is 13.5 Å². The number of hydroxylamine groups is 2. The molecule has 15 heavy (non-hydrogen) atoms. The first-order chi connectivity index (χ1) is 6.39. The van der Waals surface area contributed by atoms with Crippen molar-refractivity contribution in [1.82, 2.24) is 5.06 Å². The van der Waals surface area contributed by atoms with E-state index in [1.807, 2.05) is 0 Å². The average molecular weight is 247 g/mol. The normalized spacial score (nSPS) is 13.9. The van der Waals surface area contributed by atoms with Crippen LogP contribution < -0.4 is 34.5 Å². The van der Waals surface area contributed by atoms with E-state index in [0.717, 1.165) is 0 Å². The average Bonchev–Trinajstić information content (AvgIpc) is 2.03. The first-order valence-corrected chi connectivity index (χ1v) is 6.03. The van der Waals surface area contributed by atoms with E-state index in [4.69, 9.17) is 5.21 Å². The molecule has 0 aromatic rings. The van der Waals surface area contributed by atoms with Crippen LogP contribution in [0.25, 0.3) is 0 Å². The molecule has 6 nitrogen and oxygen atoms in total. The van der Waals surface area contributed by atoms with Gasteiger partial charge in [-0.05, 0) is 13.3 Å². The minimum Gasteiger partial charge on any atom is -0.778 e. The molecule has 0 aliphatic carbocycles. The minimum absolute atomic E-state index is 0. The van der Waals surface area contributed by atoms with E-state index in [-0.39, 0.29) is 55.3 Å². The van der Waals surface area contributed by atoms with Crippen LogP contribution in [0.4, 0.5) is 0 Å². The molecule has 0 fully saturated rings. The van der Waals surface area contributed by atoms with Gasteiger partial charge < -0.3 is 14.0 Å². The van der Waals surface area contributed by atoms with Crippen molar-refractivity contribution < 1.29 is 53.5 Å². The molecule has 0 aliphatic rings. The zero-order valence-corrected chi connectivity index (χ0v) is 12.2. The van der Waals surface area contributed by atoms with Crippen LogP contribution in [0.15, 0.2) is 0 Å². The van der Waals surface area contributed by atoms with Gasteiger partial charge in [0.1, 0.15) is 7.60 Å². The van der Waals surface area contributed by atoms with Gasteiger partial charge in [0, 0.05) is 19.6 Å². The van der Waals surface area contributed by atoms with Gasteiger partial charge in [0.05, 0.1) is 6.61 Å². The Bertz CT molecular complexity index is 237. The van der Waals surface area contributed by atoms with Gasteiger partial charge in [-0.1, -0.05) is 0 Å². The van der Waals surface area contributed by atoms with Gasteiger partial charge in [-0.3, -0.25) is 10.0 Å². The Kier molecular flexibility index (Phi) is 10.4. The Balaban J connectivity index is 0. The molecule has 0 aromatic heterocycles. The standard InChI is InChI=1S/C7H16NO5P.Na/c1-3-13-14(11,12)6-4-5-8(10)7(2)9;/h10H,3-6H2,1-2H3,(H,11,12);/q;+1/p-1. The van der Waals surface area contributed by atoms with Crippen LogP contribution in [-0.2, 0) is 13.9 Å². The van der Waals surface area contributed by atoms with Gasteiger partial charge in [0.15, 0.2) is 0 Å². The monoisotopic (exact) mass is 247 g/mol. The van der Waals surface area contributed by atoms with E-state index in [1.54, 1.807) is 6.92 Å². The molecule has 8 heteroatoms. The van der Waals surface area contributed by atoms with Crippen molar-refractivity contribution in [3.8, 4) is 0 Å². The maximum atomic E-state index is 11.0. The van der Waals surface area contributed by atoms with Gasteiger partial charge in [-0.25, -0.2) is 5.06 Å². The number of hydrogen-bond acceptors (Lipinski definition) is 5. The smallest absolute Gasteiger partial charge is 0.778 e. The minimum atomic E-state index is -3.78. The number of carbonyl (C=O) groups is 1. The van der Waals surface area contributed by atoms with E-state index in [9.17, 15) is 14.3 Å². The predicted octanol–water partition coefficient (Wildman–Crippen LogP) is -2.79. The third-order valence-corrected chi connectivity index (χ3v) is 3.01. The number of hydrogen-bond donors (Lipinski definition) is 1. The van der Waals surface area contributed by atoms with Gasteiger partial charge in [0.25, 0.3) is 0 Å².